The zero-order valence-corrected chi connectivity index (χ0v) is 16.1. The van der Waals surface area contributed by atoms with Gasteiger partial charge in [-0.05, 0) is 36.8 Å². The largest absolute Gasteiger partial charge is 0.360 e. The maximum atomic E-state index is 13.0. The Morgan fingerprint density at radius 2 is 1.70 bits per heavy atom. The average Bonchev–Trinajstić information content (AvgIpc) is 2.99. The molecule has 0 aromatic heterocycles. The molecule has 2 aromatic rings. The number of para-hydroxylation sites is 1. The molecule has 6 heteroatoms. The minimum absolute atomic E-state index is 0.108. The second-order valence-electron chi connectivity index (χ2n) is 7.24. The van der Waals surface area contributed by atoms with Crippen LogP contribution in [-0.2, 0) is 9.59 Å². The van der Waals surface area contributed by atoms with Crippen molar-refractivity contribution in [3.63, 3.8) is 0 Å². The first-order valence-corrected chi connectivity index (χ1v) is 9.70. The van der Waals surface area contributed by atoms with E-state index in [4.69, 9.17) is 11.6 Å². The second-order valence-corrected chi connectivity index (χ2v) is 7.65. The summed E-state index contributed by atoms with van der Waals surface area (Å²) in [4.78, 5) is 30.4. The third-order valence-electron chi connectivity index (χ3n) is 5.58. The molecular weight excluding hydrogens is 362 g/mol. The van der Waals surface area contributed by atoms with Gasteiger partial charge >= 0.3 is 0 Å². The minimum atomic E-state index is -0.296. The Balaban J connectivity index is 1.45. The van der Waals surface area contributed by atoms with Crippen molar-refractivity contribution in [2.45, 2.75) is 19.4 Å². The number of carbonyl (C=O) groups excluding carboxylic acids is 2. The normalized spacial score (nSPS) is 21.2. The zero-order chi connectivity index (χ0) is 19.0. The molecule has 4 rings (SSSR count). The standard InChI is InChI=1S/C21H22ClN3O2/c1-15-7-8-17(13-18(15)22)25-20(26)14-19(21(25)27)24-11-9-23(10-12-24)16-5-3-2-4-6-16/h2-8,13,19H,9-12,14H2,1H3/p+1/t19-/m0/s1. The molecule has 0 saturated carbocycles. The number of amides is 2. The molecule has 0 radical (unpaired) electrons. The van der Waals surface area contributed by atoms with E-state index >= 15 is 0 Å². The summed E-state index contributed by atoms with van der Waals surface area (Å²) >= 11 is 6.19. The molecule has 2 heterocycles. The van der Waals surface area contributed by atoms with Gasteiger partial charge in [-0.2, -0.15) is 0 Å². The predicted octanol–water partition coefficient (Wildman–Crippen LogP) is 1.69. The molecular formula is C21H23ClN3O2+. The monoisotopic (exact) mass is 384 g/mol. The number of carbonyl (C=O) groups is 2. The first kappa shape index (κ1) is 18.0. The Kier molecular flexibility index (Phi) is 4.89. The van der Waals surface area contributed by atoms with E-state index < -0.39 is 0 Å². The molecule has 2 amide bonds. The highest BCUT2D eigenvalue weighted by molar-refractivity contribution is 6.32. The molecule has 2 aliphatic rings. The van der Waals surface area contributed by atoms with Gasteiger partial charge in [0, 0.05) is 10.7 Å². The van der Waals surface area contributed by atoms with Gasteiger partial charge in [-0.3, -0.25) is 9.59 Å². The van der Waals surface area contributed by atoms with E-state index in [1.54, 1.807) is 12.1 Å². The van der Waals surface area contributed by atoms with Gasteiger partial charge in [-0.15, -0.1) is 0 Å². The summed E-state index contributed by atoms with van der Waals surface area (Å²) in [5.74, 6) is -0.244. The van der Waals surface area contributed by atoms with Crippen LogP contribution in [0.5, 0.6) is 0 Å². The van der Waals surface area contributed by atoms with E-state index in [0.717, 1.165) is 31.7 Å². The second kappa shape index (κ2) is 7.33. The maximum absolute atomic E-state index is 13.0. The highest BCUT2D eigenvalue weighted by Crippen LogP contribution is 2.27. The van der Waals surface area contributed by atoms with Gasteiger partial charge in [0.2, 0.25) is 5.91 Å². The van der Waals surface area contributed by atoms with Gasteiger partial charge in [-0.1, -0.05) is 35.9 Å². The van der Waals surface area contributed by atoms with Crippen molar-refractivity contribution in [2.24, 2.45) is 0 Å². The number of aryl methyl sites for hydroxylation is 1. The van der Waals surface area contributed by atoms with E-state index in [-0.39, 0.29) is 24.3 Å². The van der Waals surface area contributed by atoms with Crippen LogP contribution in [0.25, 0.3) is 0 Å². The smallest absolute Gasteiger partial charge is 0.292 e. The number of hydrogen-bond donors (Lipinski definition) is 1. The van der Waals surface area contributed by atoms with Crippen molar-refractivity contribution in [3.8, 4) is 0 Å². The number of benzene rings is 2. The molecule has 1 atom stereocenters. The van der Waals surface area contributed by atoms with Crippen LogP contribution >= 0.6 is 11.6 Å². The first-order chi connectivity index (χ1) is 13.0. The van der Waals surface area contributed by atoms with Crippen molar-refractivity contribution >= 4 is 34.8 Å². The van der Waals surface area contributed by atoms with Crippen molar-refractivity contribution in [1.29, 1.82) is 0 Å². The summed E-state index contributed by atoms with van der Waals surface area (Å²) in [6, 6.07) is 15.4. The van der Waals surface area contributed by atoms with Crippen LogP contribution in [0.3, 0.4) is 0 Å². The van der Waals surface area contributed by atoms with Crippen LogP contribution in [0.15, 0.2) is 48.5 Å². The van der Waals surface area contributed by atoms with Crippen molar-refractivity contribution in [1.82, 2.24) is 0 Å². The summed E-state index contributed by atoms with van der Waals surface area (Å²) in [6.45, 7) is 5.36. The lowest BCUT2D eigenvalue weighted by atomic mass is 10.1. The van der Waals surface area contributed by atoms with Crippen LogP contribution in [0.2, 0.25) is 5.02 Å². The van der Waals surface area contributed by atoms with Gasteiger partial charge in [0.15, 0.2) is 6.04 Å². The van der Waals surface area contributed by atoms with Gasteiger partial charge in [0.05, 0.1) is 38.3 Å². The fourth-order valence-electron chi connectivity index (χ4n) is 3.98. The molecule has 27 heavy (non-hydrogen) atoms. The first-order valence-electron chi connectivity index (χ1n) is 9.32. The highest BCUT2D eigenvalue weighted by Gasteiger charge is 2.46. The fraction of sp³-hybridized carbons (Fsp3) is 0.333. The van der Waals surface area contributed by atoms with Crippen LogP contribution in [0.1, 0.15) is 12.0 Å². The Hall–Kier alpha value is -2.37. The quantitative estimate of drug-likeness (QED) is 0.819. The molecule has 2 fully saturated rings. The lowest BCUT2D eigenvalue weighted by Crippen LogP contribution is -3.19. The molecule has 0 aliphatic carbocycles. The SMILES string of the molecule is Cc1ccc(N2C(=O)C[C@H]([NH+]3CCN(c4ccccc4)CC3)C2=O)cc1Cl. The van der Waals surface area contributed by atoms with Crippen molar-refractivity contribution in [2.75, 3.05) is 36.0 Å². The van der Waals surface area contributed by atoms with E-state index in [9.17, 15) is 9.59 Å². The topological polar surface area (TPSA) is 45.1 Å². The average molecular weight is 385 g/mol. The summed E-state index contributed by atoms with van der Waals surface area (Å²) < 4.78 is 0. The molecule has 1 N–H and O–H groups in total. The molecule has 0 spiro atoms. The minimum Gasteiger partial charge on any atom is -0.360 e. The number of nitrogens with zero attached hydrogens (tertiary/aromatic N) is 2. The molecule has 140 valence electrons. The molecule has 5 nitrogen and oxygen atoms in total. The molecule has 2 aliphatic heterocycles. The number of quaternary nitrogens is 1. The van der Waals surface area contributed by atoms with E-state index in [1.165, 1.54) is 15.5 Å². The Labute approximate surface area is 164 Å². The summed E-state index contributed by atoms with van der Waals surface area (Å²) in [5, 5.41) is 0.570. The fourth-order valence-corrected chi connectivity index (χ4v) is 4.16. The number of halogens is 1. The van der Waals surface area contributed by atoms with Crippen LogP contribution in [0.4, 0.5) is 11.4 Å². The third-order valence-corrected chi connectivity index (χ3v) is 5.99. The predicted molar refractivity (Wildman–Crippen MR) is 106 cm³/mol. The lowest BCUT2D eigenvalue weighted by molar-refractivity contribution is -0.915. The van der Waals surface area contributed by atoms with Crippen molar-refractivity contribution < 1.29 is 14.5 Å². The van der Waals surface area contributed by atoms with E-state index in [0.29, 0.717) is 10.7 Å². The number of rotatable bonds is 3. The van der Waals surface area contributed by atoms with Gasteiger partial charge in [0.1, 0.15) is 0 Å². The Morgan fingerprint density at radius 1 is 1.00 bits per heavy atom. The van der Waals surface area contributed by atoms with Gasteiger partial charge < -0.3 is 9.80 Å². The molecule has 2 saturated heterocycles. The van der Waals surface area contributed by atoms with E-state index in [2.05, 4.69) is 17.0 Å². The Morgan fingerprint density at radius 3 is 2.37 bits per heavy atom. The van der Waals surface area contributed by atoms with Crippen LogP contribution < -0.4 is 14.7 Å². The third kappa shape index (κ3) is 3.45. The number of nitrogens with one attached hydrogen (secondary N) is 1. The van der Waals surface area contributed by atoms with Crippen LogP contribution in [0, 0.1) is 6.92 Å². The number of piperazine rings is 1. The van der Waals surface area contributed by atoms with Crippen molar-refractivity contribution in [3.05, 3.63) is 59.1 Å². The van der Waals surface area contributed by atoms with E-state index in [1.807, 2.05) is 31.2 Å². The Bertz CT molecular complexity index is 863. The zero-order valence-electron chi connectivity index (χ0n) is 15.3. The number of hydrogen-bond acceptors (Lipinski definition) is 3. The highest BCUT2D eigenvalue weighted by atomic mass is 35.5. The van der Waals surface area contributed by atoms with Gasteiger partial charge in [-0.25, -0.2) is 4.90 Å². The maximum Gasteiger partial charge on any atom is 0.292 e. The number of imide groups is 1. The van der Waals surface area contributed by atoms with Crippen LogP contribution in [-0.4, -0.2) is 44.0 Å². The molecule has 0 bridgehead atoms. The van der Waals surface area contributed by atoms with Gasteiger partial charge in [0.25, 0.3) is 5.91 Å². The molecule has 2 aromatic carbocycles. The number of anilines is 2. The summed E-state index contributed by atoms with van der Waals surface area (Å²) in [6.07, 6.45) is 0.269. The summed E-state index contributed by atoms with van der Waals surface area (Å²) in [5.41, 5.74) is 2.71. The summed E-state index contributed by atoms with van der Waals surface area (Å²) in [7, 11) is 0. The lowest BCUT2D eigenvalue weighted by Gasteiger charge is -2.35. The molecule has 0 unspecified atom stereocenters.